The second-order valence-electron chi connectivity index (χ2n) is 5.73. The van der Waals surface area contributed by atoms with Gasteiger partial charge in [0.15, 0.2) is 5.96 Å². The average Bonchev–Trinajstić information content (AvgIpc) is 3.20. The lowest BCUT2D eigenvalue weighted by Crippen LogP contribution is -2.38. The summed E-state index contributed by atoms with van der Waals surface area (Å²) in [5.74, 6) is 1.42. The van der Waals surface area contributed by atoms with Crippen LogP contribution in [0.15, 0.2) is 17.3 Å². The van der Waals surface area contributed by atoms with E-state index in [-0.39, 0.29) is 0 Å². The first-order chi connectivity index (χ1) is 11.3. The highest BCUT2D eigenvalue weighted by atomic mass is 16.5. The van der Waals surface area contributed by atoms with Crippen LogP contribution < -0.4 is 10.6 Å². The molecule has 1 aliphatic rings. The maximum Gasteiger partial charge on any atom is 0.191 e. The Morgan fingerprint density at radius 3 is 3.13 bits per heavy atom. The molecule has 1 saturated heterocycles. The third-order valence-corrected chi connectivity index (χ3v) is 3.80. The molecule has 23 heavy (non-hydrogen) atoms. The lowest BCUT2D eigenvalue weighted by Gasteiger charge is -2.12. The average molecular weight is 323 g/mol. The van der Waals surface area contributed by atoms with Crippen molar-refractivity contribution in [1.82, 2.24) is 20.4 Å². The largest absolute Gasteiger partial charge is 0.381 e. The molecule has 0 amide bonds. The highest BCUT2D eigenvalue weighted by molar-refractivity contribution is 5.79. The number of aliphatic imine (C=N–C) groups is 1. The molecule has 1 atom stereocenters. The highest BCUT2D eigenvalue weighted by Crippen LogP contribution is 2.12. The van der Waals surface area contributed by atoms with Crippen LogP contribution in [0.3, 0.4) is 0 Å². The van der Waals surface area contributed by atoms with Gasteiger partial charge in [-0.15, -0.1) is 0 Å². The molecule has 1 fully saturated rings. The van der Waals surface area contributed by atoms with Gasteiger partial charge in [0.05, 0.1) is 25.5 Å². The molecule has 1 aromatic heterocycles. The number of hydrogen-bond donors (Lipinski definition) is 2. The minimum Gasteiger partial charge on any atom is -0.381 e. The van der Waals surface area contributed by atoms with Crippen molar-refractivity contribution in [3.8, 4) is 0 Å². The fourth-order valence-electron chi connectivity index (χ4n) is 2.40. The summed E-state index contributed by atoms with van der Waals surface area (Å²) in [5.41, 5.74) is 1.09. The predicted molar refractivity (Wildman–Crippen MR) is 90.4 cm³/mol. The molecule has 130 valence electrons. The van der Waals surface area contributed by atoms with E-state index in [0.717, 1.165) is 64.0 Å². The highest BCUT2D eigenvalue weighted by Gasteiger charge is 2.15. The van der Waals surface area contributed by atoms with Crippen molar-refractivity contribution < 1.29 is 9.47 Å². The van der Waals surface area contributed by atoms with E-state index < -0.39 is 0 Å². The van der Waals surface area contributed by atoms with Crippen LogP contribution in [0.25, 0.3) is 0 Å². The monoisotopic (exact) mass is 323 g/mol. The predicted octanol–water partition coefficient (Wildman–Crippen LogP) is 0.918. The van der Waals surface area contributed by atoms with Crippen molar-refractivity contribution in [2.75, 3.05) is 39.5 Å². The summed E-state index contributed by atoms with van der Waals surface area (Å²) in [5, 5.41) is 10.7. The number of rotatable bonds is 9. The summed E-state index contributed by atoms with van der Waals surface area (Å²) in [6.45, 7) is 7.68. The first-order valence-corrected chi connectivity index (χ1v) is 8.44. The Balaban J connectivity index is 1.60. The lowest BCUT2D eigenvalue weighted by atomic mass is 10.1. The van der Waals surface area contributed by atoms with Crippen LogP contribution in [0.5, 0.6) is 0 Å². The molecule has 1 aliphatic heterocycles. The van der Waals surface area contributed by atoms with Crippen molar-refractivity contribution in [2.24, 2.45) is 18.0 Å². The van der Waals surface area contributed by atoms with E-state index in [4.69, 9.17) is 9.47 Å². The maximum absolute atomic E-state index is 5.70. The molecular weight excluding hydrogens is 294 g/mol. The van der Waals surface area contributed by atoms with Crippen LogP contribution in [0.1, 0.15) is 25.5 Å². The quantitative estimate of drug-likeness (QED) is 0.402. The van der Waals surface area contributed by atoms with Crippen LogP contribution in [0.4, 0.5) is 0 Å². The number of aryl methyl sites for hydroxylation is 1. The summed E-state index contributed by atoms with van der Waals surface area (Å²) in [6, 6.07) is 1.98. The molecule has 1 aromatic rings. The van der Waals surface area contributed by atoms with E-state index in [9.17, 15) is 0 Å². The summed E-state index contributed by atoms with van der Waals surface area (Å²) < 4.78 is 12.9. The summed E-state index contributed by atoms with van der Waals surface area (Å²) in [7, 11) is 1.93. The molecule has 0 aliphatic carbocycles. The topological polar surface area (TPSA) is 72.7 Å². The number of aromatic nitrogens is 2. The molecule has 0 bridgehead atoms. The molecule has 1 unspecified atom stereocenters. The van der Waals surface area contributed by atoms with E-state index in [1.807, 2.05) is 17.8 Å². The Morgan fingerprint density at radius 1 is 1.52 bits per heavy atom. The van der Waals surface area contributed by atoms with Crippen LogP contribution in [0.2, 0.25) is 0 Å². The fraction of sp³-hybridized carbons (Fsp3) is 0.750. The second kappa shape index (κ2) is 10.2. The van der Waals surface area contributed by atoms with Gasteiger partial charge in [0.2, 0.25) is 0 Å². The molecule has 0 spiro atoms. The standard InChI is InChI=1S/C16H29N5O2/c1-3-17-16(19-11-15-5-8-20-21(15)2)18-7-4-9-22-12-14-6-10-23-13-14/h5,8,14H,3-4,6-7,9-13H2,1-2H3,(H2,17,18,19). The SMILES string of the molecule is CCNC(=NCc1ccnn1C)NCCCOCC1CCOC1. The first kappa shape index (κ1) is 17.7. The lowest BCUT2D eigenvalue weighted by molar-refractivity contribution is 0.0888. The zero-order valence-electron chi connectivity index (χ0n) is 14.3. The van der Waals surface area contributed by atoms with Crippen LogP contribution in [0, 0.1) is 5.92 Å². The van der Waals surface area contributed by atoms with Crippen LogP contribution in [-0.2, 0) is 23.1 Å². The van der Waals surface area contributed by atoms with Crippen molar-refractivity contribution in [3.63, 3.8) is 0 Å². The normalized spacial score (nSPS) is 18.3. The molecule has 0 radical (unpaired) electrons. The Bertz CT molecular complexity index is 469. The van der Waals surface area contributed by atoms with Gasteiger partial charge < -0.3 is 20.1 Å². The van der Waals surface area contributed by atoms with E-state index in [1.165, 1.54) is 0 Å². The summed E-state index contributed by atoms with van der Waals surface area (Å²) in [4.78, 5) is 4.57. The van der Waals surface area contributed by atoms with Crippen LogP contribution in [-0.4, -0.2) is 55.3 Å². The van der Waals surface area contributed by atoms with Crippen molar-refractivity contribution in [1.29, 1.82) is 0 Å². The zero-order chi connectivity index (χ0) is 16.3. The third kappa shape index (κ3) is 6.58. The van der Waals surface area contributed by atoms with E-state index in [2.05, 4.69) is 27.6 Å². The Morgan fingerprint density at radius 2 is 2.43 bits per heavy atom. The van der Waals surface area contributed by atoms with Crippen molar-refractivity contribution in [2.45, 2.75) is 26.3 Å². The minimum absolute atomic E-state index is 0.584. The summed E-state index contributed by atoms with van der Waals surface area (Å²) >= 11 is 0. The number of nitrogens with one attached hydrogen (secondary N) is 2. The van der Waals surface area contributed by atoms with Gasteiger partial charge in [-0.3, -0.25) is 4.68 Å². The molecule has 7 heteroatoms. The van der Waals surface area contributed by atoms with Crippen LogP contribution >= 0.6 is 0 Å². The van der Waals surface area contributed by atoms with Gasteiger partial charge in [0, 0.05) is 45.5 Å². The van der Waals surface area contributed by atoms with Gasteiger partial charge in [-0.25, -0.2) is 4.99 Å². The second-order valence-corrected chi connectivity index (χ2v) is 5.73. The van der Waals surface area contributed by atoms with Crippen molar-refractivity contribution >= 4 is 5.96 Å². The number of guanidine groups is 1. The van der Waals surface area contributed by atoms with Gasteiger partial charge in [0.1, 0.15) is 0 Å². The first-order valence-electron chi connectivity index (χ1n) is 8.44. The van der Waals surface area contributed by atoms with Gasteiger partial charge >= 0.3 is 0 Å². The third-order valence-electron chi connectivity index (χ3n) is 3.80. The Kier molecular flexibility index (Phi) is 7.89. The molecule has 2 N–H and O–H groups in total. The van der Waals surface area contributed by atoms with Gasteiger partial charge in [-0.1, -0.05) is 0 Å². The molecule has 0 saturated carbocycles. The molecule has 2 heterocycles. The van der Waals surface area contributed by atoms with Gasteiger partial charge in [-0.05, 0) is 25.8 Å². The van der Waals surface area contributed by atoms with E-state index >= 15 is 0 Å². The fourth-order valence-corrected chi connectivity index (χ4v) is 2.40. The van der Waals surface area contributed by atoms with E-state index in [1.54, 1.807) is 6.20 Å². The number of hydrogen-bond acceptors (Lipinski definition) is 4. The minimum atomic E-state index is 0.584. The molecular formula is C16H29N5O2. The number of ether oxygens (including phenoxy) is 2. The molecule has 2 rings (SSSR count). The smallest absolute Gasteiger partial charge is 0.191 e. The Hall–Kier alpha value is -1.60. The van der Waals surface area contributed by atoms with Gasteiger partial charge in [-0.2, -0.15) is 5.10 Å². The molecule has 7 nitrogen and oxygen atoms in total. The zero-order valence-corrected chi connectivity index (χ0v) is 14.3. The maximum atomic E-state index is 5.70. The van der Waals surface area contributed by atoms with E-state index in [0.29, 0.717) is 12.5 Å². The van der Waals surface area contributed by atoms with Gasteiger partial charge in [0.25, 0.3) is 0 Å². The summed E-state index contributed by atoms with van der Waals surface area (Å²) in [6.07, 6.45) is 3.88. The Labute approximate surface area is 138 Å². The molecule has 0 aromatic carbocycles. The van der Waals surface area contributed by atoms with Crippen molar-refractivity contribution in [3.05, 3.63) is 18.0 Å². The number of nitrogens with zero attached hydrogens (tertiary/aromatic N) is 3.